The molecule has 2 saturated heterocycles. The molecule has 5 rings (SSSR count). The molecule has 3 aliphatic heterocycles. The lowest BCUT2D eigenvalue weighted by Gasteiger charge is -2.34. The molecule has 154 valence electrons. The van der Waals surface area contributed by atoms with Crippen molar-refractivity contribution in [3.05, 3.63) is 48.3 Å². The molecule has 2 atom stereocenters. The molecular weight excluding hydrogens is 360 g/mol. The summed E-state index contributed by atoms with van der Waals surface area (Å²) >= 11 is 0. The van der Waals surface area contributed by atoms with E-state index < -0.39 is 0 Å². The fourth-order valence-electron chi connectivity index (χ4n) is 5.10. The van der Waals surface area contributed by atoms with Gasteiger partial charge in [-0.2, -0.15) is 0 Å². The first-order chi connectivity index (χ1) is 14.3. The van der Waals surface area contributed by atoms with Gasteiger partial charge in [0, 0.05) is 36.9 Å². The predicted octanol–water partition coefficient (Wildman–Crippen LogP) is 3.86. The fraction of sp³-hybridized carbons (Fsp3) is 0.542. The molecule has 0 unspecified atom stereocenters. The maximum Gasteiger partial charge on any atom is 0.139 e. The lowest BCUT2D eigenvalue weighted by molar-refractivity contribution is 0.276. The van der Waals surface area contributed by atoms with Crippen LogP contribution in [0.25, 0.3) is 0 Å². The van der Waals surface area contributed by atoms with Gasteiger partial charge in [0.05, 0.1) is 18.1 Å². The van der Waals surface area contributed by atoms with Gasteiger partial charge in [0.1, 0.15) is 12.4 Å². The molecule has 0 radical (unpaired) electrons. The van der Waals surface area contributed by atoms with Crippen LogP contribution in [0.4, 0.5) is 11.4 Å². The quantitative estimate of drug-likeness (QED) is 0.782. The Labute approximate surface area is 173 Å². The van der Waals surface area contributed by atoms with Crippen molar-refractivity contribution in [2.24, 2.45) is 5.92 Å². The molecule has 1 aromatic heterocycles. The van der Waals surface area contributed by atoms with Gasteiger partial charge in [0.15, 0.2) is 0 Å². The lowest BCUT2D eigenvalue weighted by Crippen LogP contribution is -2.35. The van der Waals surface area contributed by atoms with E-state index >= 15 is 0 Å². The van der Waals surface area contributed by atoms with Crippen LogP contribution in [0.1, 0.15) is 37.7 Å². The van der Waals surface area contributed by atoms with Crippen molar-refractivity contribution in [3.63, 3.8) is 0 Å². The smallest absolute Gasteiger partial charge is 0.139 e. The summed E-state index contributed by atoms with van der Waals surface area (Å²) in [5, 5.41) is 7.21. The van der Waals surface area contributed by atoms with E-state index in [9.17, 15) is 0 Å². The van der Waals surface area contributed by atoms with Gasteiger partial charge in [0.2, 0.25) is 0 Å². The summed E-state index contributed by atoms with van der Waals surface area (Å²) in [6, 6.07) is 12.0. The molecule has 29 heavy (non-hydrogen) atoms. The molecule has 5 nitrogen and oxygen atoms in total. The van der Waals surface area contributed by atoms with Crippen molar-refractivity contribution in [1.82, 2.24) is 10.3 Å². The number of rotatable bonds is 6. The molecule has 2 fully saturated rings. The van der Waals surface area contributed by atoms with Crippen LogP contribution >= 0.6 is 0 Å². The van der Waals surface area contributed by atoms with Crippen LogP contribution in [-0.2, 0) is 6.42 Å². The second kappa shape index (κ2) is 8.62. The Bertz CT molecular complexity index is 787. The number of fused-ring (bicyclic) bond motifs is 1. The van der Waals surface area contributed by atoms with Gasteiger partial charge in [-0.15, -0.1) is 0 Å². The summed E-state index contributed by atoms with van der Waals surface area (Å²) in [5.41, 5.74) is 4.02. The van der Waals surface area contributed by atoms with E-state index in [1.807, 2.05) is 12.4 Å². The highest BCUT2D eigenvalue weighted by Crippen LogP contribution is 2.32. The Hall–Kier alpha value is -2.27. The van der Waals surface area contributed by atoms with E-state index in [-0.39, 0.29) is 0 Å². The first-order valence-electron chi connectivity index (χ1n) is 11.2. The van der Waals surface area contributed by atoms with Crippen LogP contribution in [-0.4, -0.2) is 43.3 Å². The summed E-state index contributed by atoms with van der Waals surface area (Å²) in [7, 11) is 0. The normalized spacial score (nSPS) is 24.3. The molecular formula is C24H32N4O. The van der Waals surface area contributed by atoms with Gasteiger partial charge < -0.3 is 20.3 Å². The molecule has 3 aliphatic rings. The SMILES string of the molecule is c1ccc2c(c1)C[C@H](CC1CCN(c3cncc(OC[C@@H]4CCCN4)c3)CC1)N2. The minimum atomic E-state index is 0.490. The Morgan fingerprint density at radius 3 is 2.79 bits per heavy atom. The van der Waals surface area contributed by atoms with Crippen LogP contribution < -0.4 is 20.3 Å². The highest BCUT2D eigenvalue weighted by molar-refractivity contribution is 5.56. The lowest BCUT2D eigenvalue weighted by atomic mass is 9.89. The Morgan fingerprint density at radius 1 is 1.07 bits per heavy atom. The number of para-hydroxylation sites is 1. The van der Waals surface area contributed by atoms with Crippen LogP contribution in [0, 0.1) is 5.92 Å². The largest absolute Gasteiger partial charge is 0.490 e. The number of nitrogens with zero attached hydrogens (tertiary/aromatic N) is 2. The number of pyridine rings is 1. The molecule has 0 bridgehead atoms. The standard InChI is InChI=1S/C24H32N4O/c1-2-6-24-19(4-1)13-21(27-24)12-18-7-10-28(11-8-18)22-14-23(16-25-15-22)29-17-20-5-3-9-26-20/h1-2,4,6,14-16,18,20-21,26-27H,3,5,7-13,17H2/t20-,21-/m0/s1. The zero-order valence-electron chi connectivity index (χ0n) is 17.1. The molecule has 0 spiro atoms. The van der Waals surface area contributed by atoms with Crippen LogP contribution in [0.2, 0.25) is 0 Å². The summed E-state index contributed by atoms with van der Waals surface area (Å²) in [5.74, 6) is 1.70. The molecule has 0 saturated carbocycles. The number of piperidine rings is 1. The highest BCUT2D eigenvalue weighted by atomic mass is 16.5. The molecule has 4 heterocycles. The van der Waals surface area contributed by atoms with Crippen molar-refractivity contribution < 1.29 is 4.74 Å². The second-order valence-electron chi connectivity index (χ2n) is 8.85. The molecule has 2 N–H and O–H groups in total. The Balaban J connectivity index is 1.11. The number of nitrogens with one attached hydrogen (secondary N) is 2. The van der Waals surface area contributed by atoms with Gasteiger partial charge >= 0.3 is 0 Å². The average Bonchev–Trinajstić information content (AvgIpc) is 3.42. The number of benzene rings is 1. The topological polar surface area (TPSA) is 49.4 Å². The summed E-state index contributed by atoms with van der Waals surface area (Å²) in [6.45, 7) is 4.08. The zero-order valence-corrected chi connectivity index (χ0v) is 17.1. The Kier molecular flexibility index (Phi) is 5.57. The van der Waals surface area contributed by atoms with Gasteiger partial charge in [-0.05, 0) is 62.6 Å². The van der Waals surface area contributed by atoms with Crippen molar-refractivity contribution >= 4 is 11.4 Å². The van der Waals surface area contributed by atoms with Crippen molar-refractivity contribution in [2.45, 2.75) is 50.6 Å². The minimum Gasteiger partial charge on any atom is -0.490 e. The molecule has 5 heteroatoms. The van der Waals surface area contributed by atoms with E-state index in [0.29, 0.717) is 12.1 Å². The maximum absolute atomic E-state index is 6.00. The third kappa shape index (κ3) is 4.50. The van der Waals surface area contributed by atoms with Gasteiger partial charge in [-0.25, -0.2) is 0 Å². The fourth-order valence-corrected chi connectivity index (χ4v) is 5.10. The predicted molar refractivity (Wildman–Crippen MR) is 118 cm³/mol. The number of aromatic nitrogens is 1. The maximum atomic E-state index is 6.00. The molecule has 0 aliphatic carbocycles. The van der Waals surface area contributed by atoms with Crippen LogP contribution in [0.3, 0.4) is 0 Å². The van der Waals surface area contributed by atoms with Gasteiger partial charge in [0.25, 0.3) is 0 Å². The summed E-state index contributed by atoms with van der Waals surface area (Å²) in [6.07, 6.45) is 11.3. The number of ether oxygens (including phenoxy) is 1. The van der Waals surface area contributed by atoms with E-state index in [1.54, 1.807) is 0 Å². The zero-order chi connectivity index (χ0) is 19.5. The number of anilines is 2. The van der Waals surface area contributed by atoms with E-state index in [4.69, 9.17) is 4.74 Å². The third-order valence-corrected chi connectivity index (χ3v) is 6.75. The van der Waals surface area contributed by atoms with Crippen LogP contribution in [0.15, 0.2) is 42.7 Å². The van der Waals surface area contributed by atoms with Gasteiger partial charge in [-0.3, -0.25) is 4.98 Å². The first-order valence-corrected chi connectivity index (χ1v) is 11.2. The average molecular weight is 393 g/mol. The third-order valence-electron chi connectivity index (χ3n) is 6.75. The van der Waals surface area contributed by atoms with Crippen molar-refractivity contribution in [1.29, 1.82) is 0 Å². The molecule has 0 amide bonds. The van der Waals surface area contributed by atoms with Crippen molar-refractivity contribution in [2.75, 3.05) is 36.5 Å². The van der Waals surface area contributed by atoms with E-state index in [0.717, 1.165) is 37.9 Å². The van der Waals surface area contributed by atoms with Crippen LogP contribution in [0.5, 0.6) is 5.75 Å². The van der Waals surface area contributed by atoms with Gasteiger partial charge in [-0.1, -0.05) is 18.2 Å². The summed E-state index contributed by atoms with van der Waals surface area (Å²) < 4.78 is 6.00. The first kappa shape index (κ1) is 18.7. The molecule has 1 aromatic carbocycles. The monoisotopic (exact) mass is 392 g/mol. The van der Waals surface area contributed by atoms with E-state index in [1.165, 1.54) is 55.5 Å². The summed E-state index contributed by atoms with van der Waals surface area (Å²) in [4.78, 5) is 6.91. The molecule has 2 aromatic rings. The minimum absolute atomic E-state index is 0.490. The highest BCUT2D eigenvalue weighted by Gasteiger charge is 2.26. The number of hydrogen-bond acceptors (Lipinski definition) is 5. The van der Waals surface area contributed by atoms with Crippen molar-refractivity contribution in [3.8, 4) is 5.75 Å². The second-order valence-corrected chi connectivity index (χ2v) is 8.85. The Morgan fingerprint density at radius 2 is 1.97 bits per heavy atom. The number of hydrogen-bond donors (Lipinski definition) is 2. The van der Waals surface area contributed by atoms with E-state index in [2.05, 4.69) is 50.8 Å².